The number of phenols is 1. The number of unbranched alkanes of at least 4 members (excludes halogenated alkanes) is 1. The monoisotopic (exact) mass is 1500 g/mol. The van der Waals surface area contributed by atoms with Crippen LogP contribution in [0.25, 0.3) is 0 Å². The molecule has 2 rings (SSSR count). The van der Waals surface area contributed by atoms with Gasteiger partial charge in [0.1, 0.15) is 72.2 Å². The highest BCUT2D eigenvalue weighted by Gasteiger charge is 2.41. The normalized spacial score (nSPS) is 15.7. The summed E-state index contributed by atoms with van der Waals surface area (Å²) < 4.78 is 0. The third-order valence-electron chi connectivity index (χ3n) is 15.3. The molecule has 1 aromatic rings. The number of rotatable bonds is 47. The number of carboxylic acid groups (broad SMARTS) is 1. The molecule has 39 nitrogen and oxygen atoms in total. The van der Waals surface area contributed by atoms with E-state index in [9.17, 15) is 97.5 Å². The number of aliphatic imine (C=N–C) groups is 1. The topological polar surface area (TPSA) is 633 Å². The van der Waals surface area contributed by atoms with Gasteiger partial charge in [-0.15, -0.1) is 0 Å². The Kier molecular flexibility index (Phi) is 41.5. The number of nitrogens with zero attached hydrogens (tertiary/aromatic N) is 2. The molecule has 572 valence electrons. The maximum atomic E-state index is 14.7. The van der Waals surface area contributed by atoms with Crippen LogP contribution in [0.3, 0.4) is 0 Å². The standard InChI is InChI=1S/C60H99N19O20S3/c1-30(2)47(57(96)77-41(28-100)54(93)69-31(3)48(87)66-22-44(84)70-38(25-80)51(90)74-36(59(98)99)9-5-6-17-61)78-56(95)43-11-8-19-79(43)58(97)37(21-32-12-14-33(83)15-13-32)75-52(91)39(26-81)71-46(86)24-68-50(89)35(10-7-18-65-60(63)64)73-55(94)42(29-101)76-53(92)40(27-82)72-45(85)23-67-49(88)34(62)16-20-102-4/h12-15,30-31,34-43,47,80-83,100-101H,5-11,16-29,61-62H2,1-4H3,(H,66,87)(H,67,88)(H,68,89)(H,69,93)(H,70,84)(H,71,86)(H,72,85)(H,73,94)(H,74,90)(H,75,91)(H,76,92)(H,77,96)(H,78,95)(H,98,99)(H4,63,64,65)/t31-,34-,35-,36-,37-,38-,39-,40-,41-,42-,43-,47-/m0/s1. The molecule has 1 fully saturated rings. The summed E-state index contributed by atoms with van der Waals surface area (Å²) >= 11 is 9.79. The number of thioether (sulfide) groups is 1. The first kappa shape index (κ1) is 89.3. The van der Waals surface area contributed by atoms with Gasteiger partial charge in [-0.1, -0.05) is 26.0 Å². The molecule has 0 aliphatic carbocycles. The van der Waals surface area contributed by atoms with E-state index in [0.29, 0.717) is 37.1 Å². The van der Waals surface area contributed by atoms with Gasteiger partial charge in [0.2, 0.25) is 82.7 Å². The van der Waals surface area contributed by atoms with Gasteiger partial charge in [-0.05, 0) is 100 Å². The number of benzene rings is 1. The van der Waals surface area contributed by atoms with Crippen molar-refractivity contribution in [3.05, 3.63) is 29.8 Å². The van der Waals surface area contributed by atoms with Crippen LogP contribution in [-0.4, -0.2) is 280 Å². The molecule has 42 heteroatoms. The Morgan fingerprint density at radius 3 is 1.51 bits per heavy atom. The Balaban J connectivity index is 2.20. The second kappa shape index (κ2) is 47.4. The zero-order valence-corrected chi connectivity index (χ0v) is 59.6. The number of nitrogens with two attached hydrogens (primary N) is 4. The molecular weight excluding hydrogens is 1400 g/mol. The lowest BCUT2D eigenvalue weighted by Gasteiger charge is -2.31. The molecular formula is C60H99N19O20S3. The van der Waals surface area contributed by atoms with Crippen molar-refractivity contribution in [1.29, 1.82) is 0 Å². The second-order valence-electron chi connectivity index (χ2n) is 23.7. The van der Waals surface area contributed by atoms with Crippen molar-refractivity contribution in [3.8, 4) is 5.75 Å². The van der Waals surface area contributed by atoms with Gasteiger partial charge in [-0.3, -0.25) is 72.1 Å². The van der Waals surface area contributed by atoms with Crippen LogP contribution in [0.1, 0.15) is 77.7 Å². The van der Waals surface area contributed by atoms with E-state index < -0.39 is 207 Å². The number of amides is 14. The molecule has 1 aromatic carbocycles. The number of hydrogen-bond donors (Lipinski definition) is 24. The summed E-state index contributed by atoms with van der Waals surface area (Å²) in [5.41, 5.74) is 22.5. The summed E-state index contributed by atoms with van der Waals surface area (Å²) in [4.78, 5) is 204. The number of phenolic OH excluding ortho intramolecular Hbond substituents is 1. The van der Waals surface area contributed by atoms with Crippen molar-refractivity contribution in [1.82, 2.24) is 74.0 Å². The number of carbonyl (C=O) groups excluding carboxylic acids is 14. The summed E-state index contributed by atoms with van der Waals surface area (Å²) in [6.07, 6.45) is 2.97. The average Bonchev–Trinajstić information content (AvgIpc) is 1.64. The van der Waals surface area contributed by atoms with E-state index in [1.807, 2.05) is 6.26 Å². The molecule has 1 heterocycles. The molecule has 0 bridgehead atoms. The molecule has 0 unspecified atom stereocenters. The molecule has 0 spiro atoms. The maximum absolute atomic E-state index is 14.7. The predicted octanol–water partition coefficient (Wildman–Crippen LogP) is -10.0. The Labute approximate surface area is 603 Å². The van der Waals surface area contributed by atoms with Gasteiger partial charge in [-0.2, -0.15) is 37.0 Å². The van der Waals surface area contributed by atoms with Crippen LogP contribution in [0.5, 0.6) is 5.75 Å². The summed E-state index contributed by atoms with van der Waals surface area (Å²) in [5.74, 6) is -15.6. The van der Waals surface area contributed by atoms with E-state index >= 15 is 0 Å². The zero-order chi connectivity index (χ0) is 76.8. The maximum Gasteiger partial charge on any atom is 0.326 e. The second-order valence-corrected chi connectivity index (χ2v) is 25.4. The van der Waals surface area contributed by atoms with Gasteiger partial charge >= 0.3 is 5.97 Å². The fourth-order valence-electron chi connectivity index (χ4n) is 9.60. The number of guanidine groups is 1. The van der Waals surface area contributed by atoms with Gasteiger partial charge < -0.3 is 122 Å². The molecule has 1 saturated heterocycles. The van der Waals surface area contributed by atoms with Gasteiger partial charge in [-0.25, -0.2) is 4.79 Å². The summed E-state index contributed by atoms with van der Waals surface area (Å²) in [6, 6.07) is -11.6. The zero-order valence-electron chi connectivity index (χ0n) is 57.0. The van der Waals surface area contributed by atoms with Crippen molar-refractivity contribution < 1.29 is 97.5 Å². The van der Waals surface area contributed by atoms with Crippen LogP contribution < -0.4 is 92.1 Å². The van der Waals surface area contributed by atoms with Crippen LogP contribution in [0.4, 0.5) is 0 Å². The van der Waals surface area contributed by atoms with Crippen molar-refractivity contribution in [2.75, 3.05) is 82.6 Å². The van der Waals surface area contributed by atoms with Gasteiger partial charge in [0.25, 0.3) is 0 Å². The summed E-state index contributed by atoms with van der Waals surface area (Å²) in [5, 5.41) is 80.1. The van der Waals surface area contributed by atoms with Crippen LogP contribution >= 0.6 is 37.0 Å². The van der Waals surface area contributed by atoms with Crippen molar-refractivity contribution in [3.63, 3.8) is 0 Å². The fourth-order valence-corrected chi connectivity index (χ4v) is 10.6. The van der Waals surface area contributed by atoms with Crippen molar-refractivity contribution in [2.24, 2.45) is 33.8 Å². The first-order valence-corrected chi connectivity index (χ1v) is 35.1. The number of aliphatic carboxylic acids is 1. The van der Waals surface area contributed by atoms with E-state index in [1.54, 1.807) is 13.8 Å². The number of hydrogen-bond acceptors (Lipinski definition) is 25. The number of aliphatic hydroxyl groups excluding tert-OH is 3. The largest absolute Gasteiger partial charge is 0.508 e. The highest BCUT2D eigenvalue weighted by molar-refractivity contribution is 7.98. The molecule has 102 heavy (non-hydrogen) atoms. The number of carboxylic acids is 1. The lowest BCUT2D eigenvalue weighted by molar-refractivity contribution is -0.143. The van der Waals surface area contributed by atoms with E-state index in [2.05, 4.69) is 99.4 Å². The lowest BCUT2D eigenvalue weighted by Crippen LogP contribution is -2.61. The minimum absolute atomic E-state index is 0.0299. The summed E-state index contributed by atoms with van der Waals surface area (Å²) in [7, 11) is 0. The van der Waals surface area contributed by atoms with Crippen LogP contribution in [0, 0.1) is 5.92 Å². The minimum atomic E-state index is -1.79. The van der Waals surface area contributed by atoms with Gasteiger partial charge in [0.15, 0.2) is 5.96 Å². The number of carbonyl (C=O) groups is 15. The molecule has 26 N–H and O–H groups in total. The number of aliphatic hydroxyl groups is 3. The van der Waals surface area contributed by atoms with Crippen LogP contribution in [0.2, 0.25) is 0 Å². The van der Waals surface area contributed by atoms with E-state index in [1.165, 1.54) is 43.0 Å². The van der Waals surface area contributed by atoms with E-state index in [4.69, 9.17) is 22.9 Å². The fraction of sp³-hybridized carbons (Fsp3) is 0.633. The Bertz CT molecular complexity index is 3050. The number of nitrogens with one attached hydrogen (secondary N) is 13. The quantitative estimate of drug-likeness (QED) is 0.0125. The first-order chi connectivity index (χ1) is 48.3. The number of likely N-dealkylation sites (tertiary alicyclic amines) is 1. The van der Waals surface area contributed by atoms with Crippen molar-refractivity contribution >= 4 is 132 Å². The Morgan fingerprint density at radius 1 is 0.569 bits per heavy atom. The number of aromatic hydroxyl groups is 1. The van der Waals surface area contributed by atoms with E-state index in [0.717, 1.165) is 4.90 Å². The van der Waals surface area contributed by atoms with E-state index in [-0.39, 0.29) is 74.8 Å². The SMILES string of the molecule is CSCC[C@H](N)C(=O)NCC(=O)N[C@@H](CO)C(=O)N[C@@H](CS)C(=O)N[C@@H](CCCN=C(N)N)C(=O)NCC(=O)N[C@@H](CO)C(=O)N[C@@H](Cc1ccc(O)cc1)C(=O)N1CCC[C@H]1C(=O)N[C@H](C(=O)N[C@@H](CS)C(=O)N[C@@H](C)C(=O)NCC(=O)N[C@@H](CO)C(=O)N[C@@H](CCCCN)C(=O)O)C(C)C. The highest BCUT2D eigenvalue weighted by atomic mass is 32.2. The minimum Gasteiger partial charge on any atom is -0.508 e. The average molecular weight is 1500 g/mol. The van der Waals surface area contributed by atoms with Crippen LogP contribution in [-0.2, 0) is 78.3 Å². The Morgan fingerprint density at radius 2 is 1.03 bits per heavy atom. The molecule has 0 saturated carbocycles. The molecule has 1 aliphatic rings. The lowest BCUT2D eigenvalue weighted by atomic mass is 10.0. The summed E-state index contributed by atoms with van der Waals surface area (Å²) in [6.45, 7) is -0.557. The first-order valence-electron chi connectivity index (χ1n) is 32.5. The van der Waals surface area contributed by atoms with Crippen molar-refractivity contribution in [2.45, 2.75) is 151 Å². The smallest absolute Gasteiger partial charge is 0.326 e. The Hall–Kier alpha value is -8.81. The number of thiol groups is 2. The van der Waals surface area contributed by atoms with Gasteiger partial charge in [0, 0.05) is 31.0 Å². The highest BCUT2D eigenvalue weighted by Crippen LogP contribution is 2.22. The predicted molar refractivity (Wildman–Crippen MR) is 376 cm³/mol. The third kappa shape index (κ3) is 32.0. The molecule has 0 radical (unpaired) electrons. The van der Waals surface area contributed by atoms with Crippen LogP contribution in [0.15, 0.2) is 29.3 Å². The molecule has 12 atom stereocenters. The molecule has 1 aliphatic heterocycles. The molecule has 0 aromatic heterocycles. The van der Waals surface area contributed by atoms with Gasteiger partial charge in [0.05, 0.1) is 45.5 Å². The molecule has 14 amide bonds. The third-order valence-corrected chi connectivity index (χ3v) is 16.7.